The molecule has 3 aromatic carbocycles. The van der Waals surface area contributed by atoms with Crippen molar-refractivity contribution in [1.29, 1.82) is 0 Å². The van der Waals surface area contributed by atoms with Crippen molar-refractivity contribution in [2.75, 3.05) is 20.3 Å². The van der Waals surface area contributed by atoms with E-state index in [1.54, 1.807) is 31.4 Å². The SMILES string of the molecule is COc1ccc(C=C2CCc3c2nc2ccccc2c3C(=O)OCCOc2ccc(Cl)cc2)cc1. The van der Waals surface area contributed by atoms with Crippen LogP contribution < -0.4 is 9.47 Å². The van der Waals surface area contributed by atoms with Crippen LogP contribution in [0, 0.1) is 0 Å². The Morgan fingerprint density at radius 2 is 1.69 bits per heavy atom. The number of pyridine rings is 1. The Morgan fingerprint density at radius 1 is 0.943 bits per heavy atom. The van der Waals surface area contributed by atoms with Crippen molar-refractivity contribution in [2.24, 2.45) is 0 Å². The number of halogens is 1. The minimum absolute atomic E-state index is 0.140. The number of carbonyl (C=O) groups excluding carboxylic acids is 1. The number of ether oxygens (including phenoxy) is 3. The van der Waals surface area contributed by atoms with Crippen molar-refractivity contribution in [3.05, 3.63) is 100 Å². The number of methoxy groups -OCH3 is 1. The molecule has 6 heteroatoms. The number of esters is 1. The number of benzene rings is 3. The Balaban J connectivity index is 1.39. The number of carbonyl (C=O) groups is 1. The molecular weight excluding hydrogens is 462 g/mol. The molecule has 4 aromatic rings. The summed E-state index contributed by atoms with van der Waals surface area (Å²) >= 11 is 5.91. The summed E-state index contributed by atoms with van der Waals surface area (Å²) in [6.07, 6.45) is 3.67. The molecule has 0 saturated carbocycles. The third-order valence-electron chi connectivity index (χ3n) is 6.00. The van der Waals surface area contributed by atoms with Gasteiger partial charge in [-0.1, -0.05) is 41.9 Å². The van der Waals surface area contributed by atoms with Crippen molar-refractivity contribution in [1.82, 2.24) is 4.98 Å². The smallest absolute Gasteiger partial charge is 0.339 e. The van der Waals surface area contributed by atoms with E-state index >= 15 is 0 Å². The van der Waals surface area contributed by atoms with Gasteiger partial charge < -0.3 is 14.2 Å². The van der Waals surface area contributed by atoms with Gasteiger partial charge in [-0.3, -0.25) is 0 Å². The fourth-order valence-electron chi connectivity index (χ4n) is 4.31. The first kappa shape index (κ1) is 22.9. The number of nitrogens with zero attached hydrogens (tertiary/aromatic N) is 1. The minimum Gasteiger partial charge on any atom is -0.497 e. The Labute approximate surface area is 208 Å². The summed E-state index contributed by atoms with van der Waals surface area (Å²) in [5, 5.41) is 1.45. The second-order valence-corrected chi connectivity index (χ2v) is 8.65. The van der Waals surface area contributed by atoms with Gasteiger partial charge in [-0.05, 0) is 78.1 Å². The second kappa shape index (κ2) is 10.2. The summed E-state index contributed by atoms with van der Waals surface area (Å²) in [6, 6.07) is 22.7. The molecule has 1 aromatic heterocycles. The van der Waals surface area contributed by atoms with Gasteiger partial charge in [0.2, 0.25) is 0 Å². The Kier molecular flexibility index (Phi) is 6.68. The molecule has 1 aliphatic rings. The van der Waals surface area contributed by atoms with E-state index in [0.29, 0.717) is 16.3 Å². The number of aromatic nitrogens is 1. The fourth-order valence-corrected chi connectivity index (χ4v) is 4.44. The van der Waals surface area contributed by atoms with E-state index in [2.05, 4.69) is 6.08 Å². The van der Waals surface area contributed by atoms with Crippen molar-refractivity contribution >= 4 is 40.1 Å². The first-order valence-corrected chi connectivity index (χ1v) is 11.8. The number of para-hydroxylation sites is 1. The molecule has 0 aliphatic heterocycles. The number of allylic oxidation sites excluding steroid dienone is 1. The summed E-state index contributed by atoms with van der Waals surface area (Å²) in [7, 11) is 1.65. The molecule has 0 N–H and O–H groups in total. The molecule has 0 atom stereocenters. The van der Waals surface area contributed by atoms with E-state index in [1.165, 1.54) is 0 Å². The Bertz CT molecular complexity index is 1400. The number of hydrogen-bond acceptors (Lipinski definition) is 5. The van der Waals surface area contributed by atoms with Crippen molar-refractivity contribution in [2.45, 2.75) is 12.8 Å². The van der Waals surface area contributed by atoms with Gasteiger partial charge >= 0.3 is 5.97 Å². The van der Waals surface area contributed by atoms with Gasteiger partial charge in [-0.25, -0.2) is 9.78 Å². The summed E-state index contributed by atoms with van der Waals surface area (Å²) < 4.78 is 16.6. The summed E-state index contributed by atoms with van der Waals surface area (Å²) in [4.78, 5) is 18.2. The highest BCUT2D eigenvalue weighted by Crippen LogP contribution is 2.38. The molecule has 35 heavy (non-hydrogen) atoms. The topological polar surface area (TPSA) is 57.7 Å². The molecule has 0 unspecified atom stereocenters. The van der Waals surface area contributed by atoms with Crippen LogP contribution in [0.1, 0.15) is 33.6 Å². The van der Waals surface area contributed by atoms with Crippen LogP contribution >= 0.6 is 11.6 Å². The molecule has 1 heterocycles. The quantitative estimate of drug-likeness (QED) is 0.217. The summed E-state index contributed by atoms with van der Waals surface area (Å²) in [5.74, 6) is 1.13. The third-order valence-corrected chi connectivity index (χ3v) is 6.25. The molecule has 1 aliphatic carbocycles. The van der Waals surface area contributed by atoms with Gasteiger partial charge in [0, 0.05) is 10.4 Å². The van der Waals surface area contributed by atoms with Crippen LogP contribution in [0.3, 0.4) is 0 Å². The lowest BCUT2D eigenvalue weighted by atomic mass is 10.0. The third kappa shape index (κ3) is 5.00. The molecule has 0 bridgehead atoms. The van der Waals surface area contributed by atoms with Gasteiger partial charge in [-0.2, -0.15) is 0 Å². The van der Waals surface area contributed by atoms with Crippen LogP contribution in [0.15, 0.2) is 72.8 Å². The zero-order valence-corrected chi connectivity index (χ0v) is 20.0. The van der Waals surface area contributed by atoms with Gasteiger partial charge in [0.1, 0.15) is 24.7 Å². The maximum atomic E-state index is 13.3. The van der Waals surface area contributed by atoms with Crippen LogP contribution in [0.25, 0.3) is 22.6 Å². The lowest BCUT2D eigenvalue weighted by Crippen LogP contribution is -2.15. The standard InChI is InChI=1S/C29H24ClNO4/c1-33-22-11-6-19(7-12-22)18-20-8-15-25-27(24-4-2-3-5-26(24)31-28(20)25)29(32)35-17-16-34-23-13-9-21(30)10-14-23/h2-7,9-14,18H,8,15-17H2,1H3. The van der Waals surface area contributed by atoms with E-state index in [4.69, 9.17) is 30.8 Å². The van der Waals surface area contributed by atoms with E-state index in [9.17, 15) is 4.79 Å². The van der Waals surface area contributed by atoms with Crippen LogP contribution in [0.4, 0.5) is 0 Å². The summed E-state index contributed by atoms with van der Waals surface area (Å²) in [5.41, 5.74) is 5.34. The number of fused-ring (bicyclic) bond motifs is 2. The van der Waals surface area contributed by atoms with E-state index in [0.717, 1.165) is 51.9 Å². The zero-order chi connectivity index (χ0) is 24.2. The number of hydrogen-bond donors (Lipinski definition) is 0. The highest BCUT2D eigenvalue weighted by atomic mass is 35.5. The number of rotatable bonds is 7. The average molecular weight is 486 g/mol. The Hall–Kier alpha value is -3.83. The highest BCUT2D eigenvalue weighted by molar-refractivity contribution is 6.30. The fraction of sp³-hybridized carbons (Fsp3) is 0.172. The maximum absolute atomic E-state index is 13.3. The first-order valence-electron chi connectivity index (χ1n) is 11.4. The molecule has 0 amide bonds. The normalized spacial score (nSPS) is 13.6. The predicted molar refractivity (Wildman–Crippen MR) is 138 cm³/mol. The van der Waals surface area contributed by atoms with Gasteiger partial charge in [0.25, 0.3) is 0 Å². The van der Waals surface area contributed by atoms with Crippen LogP contribution in [0.5, 0.6) is 11.5 Å². The maximum Gasteiger partial charge on any atom is 0.339 e. The molecular formula is C29H24ClNO4. The monoisotopic (exact) mass is 485 g/mol. The van der Waals surface area contributed by atoms with Gasteiger partial charge in [-0.15, -0.1) is 0 Å². The average Bonchev–Trinajstić information content (AvgIpc) is 3.28. The molecule has 176 valence electrons. The van der Waals surface area contributed by atoms with E-state index in [-0.39, 0.29) is 19.2 Å². The molecule has 5 rings (SSSR count). The molecule has 0 radical (unpaired) electrons. The van der Waals surface area contributed by atoms with Crippen LogP contribution in [-0.2, 0) is 11.2 Å². The van der Waals surface area contributed by atoms with Crippen molar-refractivity contribution < 1.29 is 19.0 Å². The second-order valence-electron chi connectivity index (χ2n) is 8.21. The highest BCUT2D eigenvalue weighted by Gasteiger charge is 2.27. The predicted octanol–water partition coefficient (Wildman–Crippen LogP) is 6.62. The molecule has 0 spiro atoms. The lowest BCUT2D eigenvalue weighted by molar-refractivity contribution is 0.0451. The first-order chi connectivity index (χ1) is 17.1. The van der Waals surface area contributed by atoms with Crippen LogP contribution in [-0.4, -0.2) is 31.3 Å². The zero-order valence-electron chi connectivity index (χ0n) is 19.3. The van der Waals surface area contributed by atoms with Crippen molar-refractivity contribution in [3.8, 4) is 11.5 Å². The van der Waals surface area contributed by atoms with Gasteiger partial charge in [0.05, 0.1) is 23.9 Å². The van der Waals surface area contributed by atoms with E-state index in [1.807, 2.05) is 48.5 Å². The lowest BCUT2D eigenvalue weighted by Gasteiger charge is -2.13. The molecule has 5 nitrogen and oxygen atoms in total. The van der Waals surface area contributed by atoms with Crippen molar-refractivity contribution in [3.63, 3.8) is 0 Å². The van der Waals surface area contributed by atoms with Crippen LogP contribution in [0.2, 0.25) is 5.02 Å². The van der Waals surface area contributed by atoms with E-state index < -0.39 is 0 Å². The minimum atomic E-state index is -0.356. The molecule has 0 fully saturated rings. The largest absolute Gasteiger partial charge is 0.497 e. The molecule has 0 saturated heterocycles. The Morgan fingerprint density at radius 3 is 2.46 bits per heavy atom. The summed E-state index contributed by atoms with van der Waals surface area (Å²) in [6.45, 7) is 0.391. The van der Waals surface area contributed by atoms with Gasteiger partial charge in [0.15, 0.2) is 0 Å².